The fourth-order valence-electron chi connectivity index (χ4n) is 1.56. The number of fused-ring (bicyclic) bond motifs is 1. The highest BCUT2D eigenvalue weighted by molar-refractivity contribution is 6.31. The zero-order valence-electron chi connectivity index (χ0n) is 8.50. The molecule has 3 nitrogen and oxygen atoms in total. The molecule has 0 radical (unpaired) electrons. The van der Waals surface area contributed by atoms with Crippen molar-refractivity contribution in [2.75, 3.05) is 6.54 Å². The first kappa shape index (κ1) is 10.3. The molecule has 0 atom stereocenters. The van der Waals surface area contributed by atoms with Gasteiger partial charge in [-0.15, -0.1) is 0 Å². The zero-order chi connectivity index (χ0) is 10.8. The van der Waals surface area contributed by atoms with E-state index in [0.29, 0.717) is 18.0 Å². The lowest BCUT2D eigenvalue weighted by Gasteiger charge is -2.04. The Hall–Kier alpha value is -1.19. The van der Waals surface area contributed by atoms with Crippen molar-refractivity contribution in [1.82, 2.24) is 9.97 Å². The number of hydrogen-bond donors (Lipinski definition) is 1. The van der Waals surface area contributed by atoms with Crippen molar-refractivity contribution >= 4 is 22.5 Å². The highest BCUT2D eigenvalue weighted by Gasteiger charge is 2.04. The molecular weight excluding hydrogens is 210 g/mol. The van der Waals surface area contributed by atoms with Crippen LogP contribution in [0, 0.1) is 6.92 Å². The molecule has 0 aliphatic carbocycles. The van der Waals surface area contributed by atoms with E-state index in [1.54, 1.807) is 0 Å². The van der Waals surface area contributed by atoms with E-state index < -0.39 is 0 Å². The topological polar surface area (TPSA) is 51.8 Å². The molecule has 2 N–H and O–H groups in total. The monoisotopic (exact) mass is 221 g/mol. The highest BCUT2D eigenvalue weighted by Crippen LogP contribution is 2.19. The van der Waals surface area contributed by atoms with E-state index in [9.17, 15) is 0 Å². The van der Waals surface area contributed by atoms with Crippen LogP contribution in [0.4, 0.5) is 0 Å². The molecule has 0 saturated carbocycles. The lowest BCUT2D eigenvalue weighted by Crippen LogP contribution is -2.07. The Morgan fingerprint density at radius 2 is 2.13 bits per heavy atom. The van der Waals surface area contributed by atoms with E-state index in [4.69, 9.17) is 17.3 Å². The van der Waals surface area contributed by atoms with Crippen LogP contribution in [0.15, 0.2) is 18.2 Å². The fraction of sp³-hybridized carbons (Fsp3) is 0.273. The van der Waals surface area contributed by atoms with Crippen molar-refractivity contribution in [2.24, 2.45) is 5.73 Å². The van der Waals surface area contributed by atoms with E-state index >= 15 is 0 Å². The van der Waals surface area contributed by atoms with Gasteiger partial charge in [-0.1, -0.05) is 11.6 Å². The van der Waals surface area contributed by atoms with E-state index in [0.717, 1.165) is 22.4 Å². The Morgan fingerprint density at radius 1 is 1.33 bits per heavy atom. The number of nitrogens with two attached hydrogens (primary N) is 1. The standard InChI is InChI=1S/C11H12ClN3/c1-7-9-3-2-8(12)6-10(9)15-11(14-7)4-5-13/h2-3,6H,4-5,13H2,1H3. The molecule has 0 saturated heterocycles. The van der Waals surface area contributed by atoms with Gasteiger partial charge in [-0.25, -0.2) is 9.97 Å². The third-order valence-corrected chi connectivity index (χ3v) is 2.50. The van der Waals surface area contributed by atoms with Gasteiger partial charge in [0.05, 0.1) is 5.52 Å². The number of nitrogens with zero attached hydrogens (tertiary/aromatic N) is 2. The smallest absolute Gasteiger partial charge is 0.130 e. The summed E-state index contributed by atoms with van der Waals surface area (Å²) in [6, 6.07) is 5.65. The minimum atomic E-state index is 0.561. The van der Waals surface area contributed by atoms with Gasteiger partial charge in [-0.2, -0.15) is 0 Å². The fourth-order valence-corrected chi connectivity index (χ4v) is 1.73. The van der Waals surface area contributed by atoms with Crippen molar-refractivity contribution in [3.63, 3.8) is 0 Å². The summed E-state index contributed by atoms with van der Waals surface area (Å²) in [7, 11) is 0. The lowest BCUT2D eigenvalue weighted by molar-refractivity contribution is 0.869. The number of hydrogen-bond acceptors (Lipinski definition) is 3. The van der Waals surface area contributed by atoms with Gasteiger partial charge in [0, 0.05) is 22.5 Å². The van der Waals surface area contributed by atoms with Gasteiger partial charge in [0.15, 0.2) is 0 Å². The Labute approximate surface area is 93.3 Å². The third kappa shape index (κ3) is 2.08. The van der Waals surface area contributed by atoms with Crippen molar-refractivity contribution in [1.29, 1.82) is 0 Å². The maximum absolute atomic E-state index is 5.92. The van der Waals surface area contributed by atoms with Crippen molar-refractivity contribution in [2.45, 2.75) is 13.3 Å². The van der Waals surface area contributed by atoms with Gasteiger partial charge in [0.25, 0.3) is 0 Å². The molecule has 2 aromatic rings. The predicted octanol–water partition coefficient (Wildman–Crippen LogP) is 2.09. The Morgan fingerprint density at radius 3 is 2.87 bits per heavy atom. The average molecular weight is 222 g/mol. The molecule has 1 aromatic heterocycles. The van der Waals surface area contributed by atoms with E-state index in [1.807, 2.05) is 25.1 Å². The third-order valence-electron chi connectivity index (χ3n) is 2.26. The molecule has 0 bridgehead atoms. The number of rotatable bonds is 2. The van der Waals surface area contributed by atoms with Gasteiger partial charge >= 0.3 is 0 Å². The summed E-state index contributed by atoms with van der Waals surface area (Å²) in [5.74, 6) is 0.782. The first-order chi connectivity index (χ1) is 7.20. The summed E-state index contributed by atoms with van der Waals surface area (Å²) in [6.07, 6.45) is 0.698. The molecule has 0 unspecified atom stereocenters. The molecule has 4 heteroatoms. The minimum Gasteiger partial charge on any atom is -0.330 e. The average Bonchev–Trinajstić information content (AvgIpc) is 2.17. The van der Waals surface area contributed by atoms with Crippen molar-refractivity contribution < 1.29 is 0 Å². The van der Waals surface area contributed by atoms with Gasteiger partial charge < -0.3 is 5.73 Å². The second kappa shape index (κ2) is 4.13. The number of aromatic nitrogens is 2. The highest BCUT2D eigenvalue weighted by atomic mass is 35.5. The molecule has 15 heavy (non-hydrogen) atoms. The van der Waals surface area contributed by atoms with Crippen LogP contribution in [0.2, 0.25) is 5.02 Å². The summed E-state index contributed by atoms with van der Waals surface area (Å²) >= 11 is 5.92. The van der Waals surface area contributed by atoms with Gasteiger partial charge in [-0.3, -0.25) is 0 Å². The maximum Gasteiger partial charge on any atom is 0.130 e. The largest absolute Gasteiger partial charge is 0.330 e. The van der Waals surface area contributed by atoms with Gasteiger partial charge in [0.2, 0.25) is 0 Å². The normalized spacial score (nSPS) is 10.9. The molecule has 1 aromatic carbocycles. The maximum atomic E-state index is 5.92. The molecule has 0 amide bonds. The molecule has 2 rings (SSSR count). The SMILES string of the molecule is Cc1nc(CCN)nc2cc(Cl)ccc12. The summed E-state index contributed by atoms with van der Waals surface area (Å²) in [6.45, 7) is 2.53. The summed E-state index contributed by atoms with van der Waals surface area (Å²) < 4.78 is 0. The van der Waals surface area contributed by atoms with Crippen LogP contribution in [0.1, 0.15) is 11.5 Å². The van der Waals surface area contributed by atoms with Crippen LogP contribution in [-0.2, 0) is 6.42 Å². The molecule has 0 aliphatic rings. The molecule has 0 fully saturated rings. The first-order valence-corrected chi connectivity index (χ1v) is 5.21. The van der Waals surface area contributed by atoms with E-state index in [1.165, 1.54) is 0 Å². The number of halogens is 1. The molecule has 1 heterocycles. The zero-order valence-corrected chi connectivity index (χ0v) is 9.25. The van der Waals surface area contributed by atoms with Crippen LogP contribution in [0.3, 0.4) is 0 Å². The van der Waals surface area contributed by atoms with Crippen molar-refractivity contribution in [3.8, 4) is 0 Å². The molecule has 0 aliphatic heterocycles. The minimum absolute atomic E-state index is 0.561. The first-order valence-electron chi connectivity index (χ1n) is 4.83. The van der Waals surface area contributed by atoms with Gasteiger partial charge in [-0.05, 0) is 31.7 Å². The summed E-state index contributed by atoms with van der Waals surface area (Å²) in [5.41, 5.74) is 7.34. The van der Waals surface area contributed by atoms with E-state index in [2.05, 4.69) is 9.97 Å². The second-order valence-corrected chi connectivity index (χ2v) is 3.86. The summed E-state index contributed by atoms with van der Waals surface area (Å²) in [5, 5.41) is 1.74. The lowest BCUT2D eigenvalue weighted by atomic mass is 10.2. The number of benzene rings is 1. The molecule has 0 spiro atoms. The molecular formula is C11H12ClN3. The van der Waals surface area contributed by atoms with Crippen LogP contribution in [0.5, 0.6) is 0 Å². The quantitative estimate of drug-likeness (QED) is 0.845. The Kier molecular flexibility index (Phi) is 2.84. The van der Waals surface area contributed by atoms with Crippen LogP contribution in [-0.4, -0.2) is 16.5 Å². The number of aryl methyl sites for hydroxylation is 1. The molecule has 78 valence electrons. The van der Waals surface area contributed by atoms with Crippen molar-refractivity contribution in [3.05, 3.63) is 34.7 Å². The Bertz CT molecular complexity index is 496. The predicted molar refractivity (Wildman–Crippen MR) is 62.0 cm³/mol. The second-order valence-electron chi connectivity index (χ2n) is 3.43. The van der Waals surface area contributed by atoms with Crippen LogP contribution >= 0.6 is 11.6 Å². The van der Waals surface area contributed by atoms with Crippen LogP contribution < -0.4 is 5.73 Å². The van der Waals surface area contributed by atoms with Gasteiger partial charge in [0.1, 0.15) is 5.82 Å². The Balaban J connectivity index is 2.63. The van der Waals surface area contributed by atoms with E-state index in [-0.39, 0.29) is 0 Å². The van der Waals surface area contributed by atoms with Crippen LogP contribution in [0.25, 0.3) is 10.9 Å². The summed E-state index contributed by atoms with van der Waals surface area (Å²) in [4.78, 5) is 8.80.